The van der Waals surface area contributed by atoms with Crippen LogP contribution in [0.1, 0.15) is 24.0 Å². The Balaban J connectivity index is 1.81. The Bertz CT molecular complexity index is 373. The molecule has 0 bridgehead atoms. The van der Waals surface area contributed by atoms with E-state index < -0.39 is 0 Å². The lowest BCUT2D eigenvalue weighted by Gasteiger charge is -2.22. The maximum atomic E-state index is 5.51. The van der Waals surface area contributed by atoms with Crippen LogP contribution in [0, 0.1) is 5.92 Å². The monoisotopic (exact) mass is 262 g/mol. The highest BCUT2D eigenvalue weighted by molar-refractivity contribution is 5.26. The maximum absolute atomic E-state index is 5.51. The van der Waals surface area contributed by atoms with Gasteiger partial charge in [0.15, 0.2) is 0 Å². The van der Waals surface area contributed by atoms with Gasteiger partial charge in [-0.05, 0) is 44.0 Å². The van der Waals surface area contributed by atoms with Gasteiger partial charge < -0.3 is 15.0 Å². The quantitative estimate of drug-likeness (QED) is 0.851. The standard InChI is InChI=1S/C16H26N2O/c1-18(2)12-16-8-4-3-7-15(16)11-17-10-14-6-5-9-19-13-14/h3-4,7-8,14,17H,5-6,9-13H2,1-2H3. The van der Waals surface area contributed by atoms with Crippen LogP contribution < -0.4 is 5.32 Å². The molecule has 106 valence electrons. The van der Waals surface area contributed by atoms with Crippen LogP contribution in [0.4, 0.5) is 0 Å². The fourth-order valence-electron chi connectivity index (χ4n) is 2.60. The first kappa shape index (κ1) is 14.5. The summed E-state index contributed by atoms with van der Waals surface area (Å²) in [6.07, 6.45) is 2.51. The molecule has 2 rings (SSSR count). The lowest BCUT2D eigenvalue weighted by atomic mass is 10.0. The molecular weight excluding hydrogens is 236 g/mol. The molecule has 1 saturated heterocycles. The number of benzene rings is 1. The third-order valence-electron chi connectivity index (χ3n) is 3.61. The van der Waals surface area contributed by atoms with Crippen molar-refractivity contribution in [2.24, 2.45) is 5.92 Å². The van der Waals surface area contributed by atoms with Crippen LogP contribution in [0.15, 0.2) is 24.3 Å². The van der Waals surface area contributed by atoms with Gasteiger partial charge in [-0.2, -0.15) is 0 Å². The van der Waals surface area contributed by atoms with Crippen molar-refractivity contribution >= 4 is 0 Å². The van der Waals surface area contributed by atoms with E-state index in [-0.39, 0.29) is 0 Å². The highest BCUT2D eigenvalue weighted by Crippen LogP contribution is 2.14. The van der Waals surface area contributed by atoms with Crippen molar-refractivity contribution in [3.05, 3.63) is 35.4 Å². The van der Waals surface area contributed by atoms with E-state index in [1.54, 1.807) is 0 Å². The molecule has 1 N–H and O–H groups in total. The predicted molar refractivity (Wildman–Crippen MR) is 79.1 cm³/mol. The van der Waals surface area contributed by atoms with Gasteiger partial charge in [0, 0.05) is 26.2 Å². The summed E-state index contributed by atoms with van der Waals surface area (Å²) in [6, 6.07) is 8.70. The van der Waals surface area contributed by atoms with E-state index in [0.717, 1.165) is 32.8 Å². The van der Waals surface area contributed by atoms with E-state index in [0.29, 0.717) is 5.92 Å². The number of rotatable bonds is 6. The number of hydrogen-bond donors (Lipinski definition) is 1. The lowest BCUT2D eigenvalue weighted by Crippen LogP contribution is -2.29. The maximum Gasteiger partial charge on any atom is 0.0506 e. The summed E-state index contributed by atoms with van der Waals surface area (Å²) in [7, 11) is 4.23. The second-order valence-electron chi connectivity index (χ2n) is 5.72. The molecule has 1 fully saturated rings. The van der Waals surface area contributed by atoms with E-state index in [9.17, 15) is 0 Å². The lowest BCUT2D eigenvalue weighted by molar-refractivity contribution is 0.0547. The Labute approximate surface area is 116 Å². The van der Waals surface area contributed by atoms with Crippen molar-refractivity contribution in [3.8, 4) is 0 Å². The fraction of sp³-hybridized carbons (Fsp3) is 0.625. The minimum atomic E-state index is 0.690. The highest BCUT2D eigenvalue weighted by Gasteiger charge is 2.13. The Kier molecular flexibility index (Phi) is 5.83. The van der Waals surface area contributed by atoms with Crippen LogP contribution in [0.5, 0.6) is 0 Å². The minimum Gasteiger partial charge on any atom is -0.381 e. The van der Waals surface area contributed by atoms with E-state index in [1.807, 2.05) is 0 Å². The molecule has 1 aliphatic heterocycles. The van der Waals surface area contributed by atoms with Crippen LogP contribution >= 0.6 is 0 Å². The zero-order chi connectivity index (χ0) is 13.5. The number of nitrogens with zero attached hydrogens (tertiary/aromatic N) is 1. The molecule has 1 aliphatic rings. The predicted octanol–water partition coefficient (Wildman–Crippen LogP) is 2.26. The first-order valence-corrected chi connectivity index (χ1v) is 7.25. The van der Waals surface area contributed by atoms with Crippen molar-refractivity contribution in [1.29, 1.82) is 0 Å². The van der Waals surface area contributed by atoms with Gasteiger partial charge in [0.2, 0.25) is 0 Å². The number of hydrogen-bond acceptors (Lipinski definition) is 3. The van der Waals surface area contributed by atoms with E-state index in [2.05, 4.69) is 48.6 Å². The Morgan fingerprint density at radius 1 is 1.26 bits per heavy atom. The molecule has 1 aromatic carbocycles. The molecule has 3 nitrogen and oxygen atoms in total. The van der Waals surface area contributed by atoms with Crippen LogP contribution in [0.3, 0.4) is 0 Å². The minimum absolute atomic E-state index is 0.690. The molecular formula is C16H26N2O. The van der Waals surface area contributed by atoms with E-state index in [1.165, 1.54) is 24.0 Å². The number of ether oxygens (including phenoxy) is 1. The summed E-state index contributed by atoms with van der Waals surface area (Å²) < 4.78 is 5.51. The Morgan fingerprint density at radius 2 is 2.05 bits per heavy atom. The zero-order valence-electron chi connectivity index (χ0n) is 12.2. The van der Waals surface area contributed by atoms with Crippen molar-refractivity contribution in [2.45, 2.75) is 25.9 Å². The Hall–Kier alpha value is -0.900. The molecule has 0 amide bonds. The normalized spacial score (nSPS) is 19.8. The molecule has 0 aromatic heterocycles. The summed E-state index contributed by atoms with van der Waals surface area (Å²) in [5.41, 5.74) is 2.83. The van der Waals surface area contributed by atoms with Gasteiger partial charge in [0.25, 0.3) is 0 Å². The van der Waals surface area contributed by atoms with Crippen LogP contribution in [-0.4, -0.2) is 38.8 Å². The first-order chi connectivity index (χ1) is 9.25. The molecule has 0 aliphatic carbocycles. The number of nitrogens with one attached hydrogen (secondary N) is 1. The molecule has 3 heteroatoms. The third kappa shape index (κ3) is 4.94. The first-order valence-electron chi connectivity index (χ1n) is 7.25. The smallest absolute Gasteiger partial charge is 0.0506 e. The summed E-state index contributed by atoms with van der Waals surface area (Å²) >= 11 is 0. The molecule has 1 aromatic rings. The van der Waals surface area contributed by atoms with Gasteiger partial charge in [-0.25, -0.2) is 0 Å². The van der Waals surface area contributed by atoms with Gasteiger partial charge in [-0.3, -0.25) is 0 Å². The van der Waals surface area contributed by atoms with E-state index in [4.69, 9.17) is 4.74 Å². The third-order valence-corrected chi connectivity index (χ3v) is 3.61. The molecule has 1 atom stereocenters. The van der Waals surface area contributed by atoms with Gasteiger partial charge in [0.05, 0.1) is 6.61 Å². The SMILES string of the molecule is CN(C)Cc1ccccc1CNCC1CCCOC1. The van der Waals surface area contributed by atoms with Gasteiger partial charge in [-0.15, -0.1) is 0 Å². The topological polar surface area (TPSA) is 24.5 Å². The van der Waals surface area contributed by atoms with Gasteiger partial charge in [0.1, 0.15) is 0 Å². The second-order valence-corrected chi connectivity index (χ2v) is 5.72. The van der Waals surface area contributed by atoms with Gasteiger partial charge in [-0.1, -0.05) is 24.3 Å². The second kappa shape index (κ2) is 7.63. The van der Waals surface area contributed by atoms with Crippen molar-refractivity contribution in [1.82, 2.24) is 10.2 Å². The summed E-state index contributed by atoms with van der Waals surface area (Å²) in [4.78, 5) is 2.22. The molecule has 0 radical (unpaired) electrons. The molecule has 0 saturated carbocycles. The average molecular weight is 262 g/mol. The molecule has 1 heterocycles. The van der Waals surface area contributed by atoms with Crippen molar-refractivity contribution in [3.63, 3.8) is 0 Å². The van der Waals surface area contributed by atoms with Crippen molar-refractivity contribution in [2.75, 3.05) is 33.9 Å². The van der Waals surface area contributed by atoms with Crippen LogP contribution in [0.2, 0.25) is 0 Å². The van der Waals surface area contributed by atoms with Crippen LogP contribution in [-0.2, 0) is 17.8 Å². The van der Waals surface area contributed by atoms with Crippen LogP contribution in [0.25, 0.3) is 0 Å². The fourth-order valence-corrected chi connectivity index (χ4v) is 2.60. The van der Waals surface area contributed by atoms with Gasteiger partial charge >= 0.3 is 0 Å². The summed E-state index contributed by atoms with van der Waals surface area (Å²) in [6.45, 7) is 4.90. The molecule has 1 unspecified atom stereocenters. The summed E-state index contributed by atoms with van der Waals surface area (Å²) in [5, 5.41) is 3.59. The largest absolute Gasteiger partial charge is 0.381 e. The molecule has 19 heavy (non-hydrogen) atoms. The zero-order valence-corrected chi connectivity index (χ0v) is 12.2. The average Bonchev–Trinajstić information content (AvgIpc) is 2.41. The molecule has 0 spiro atoms. The Morgan fingerprint density at radius 3 is 2.74 bits per heavy atom. The highest BCUT2D eigenvalue weighted by atomic mass is 16.5. The van der Waals surface area contributed by atoms with E-state index >= 15 is 0 Å². The summed E-state index contributed by atoms with van der Waals surface area (Å²) in [5.74, 6) is 0.690. The van der Waals surface area contributed by atoms with Crippen molar-refractivity contribution < 1.29 is 4.74 Å².